The Bertz CT molecular complexity index is 118. The number of hydrogen-bond acceptors (Lipinski definition) is 2. The molecule has 2 N–H and O–H groups in total. The second kappa shape index (κ2) is 1.70. The van der Waals surface area contributed by atoms with E-state index >= 15 is 0 Å². The second-order valence-electron chi connectivity index (χ2n) is 3.30. The molecule has 9 heavy (non-hydrogen) atoms. The Hall–Kier alpha value is -0.0800. The minimum absolute atomic E-state index is 0.604. The van der Waals surface area contributed by atoms with Crippen LogP contribution in [0.25, 0.3) is 0 Å². The van der Waals surface area contributed by atoms with Gasteiger partial charge in [-0.15, -0.1) is 0 Å². The van der Waals surface area contributed by atoms with Crippen LogP contribution in [0, 0.1) is 0 Å². The molecule has 1 atom stereocenters. The van der Waals surface area contributed by atoms with E-state index in [1.165, 1.54) is 25.7 Å². The zero-order valence-electron chi connectivity index (χ0n) is 5.91. The van der Waals surface area contributed by atoms with Crippen molar-refractivity contribution in [3.63, 3.8) is 0 Å². The van der Waals surface area contributed by atoms with Crippen LogP contribution in [0.1, 0.15) is 25.7 Å². The molecule has 0 radical (unpaired) electrons. The van der Waals surface area contributed by atoms with Crippen LogP contribution >= 0.6 is 0 Å². The summed E-state index contributed by atoms with van der Waals surface area (Å²) in [7, 11) is 2.03. The van der Waals surface area contributed by atoms with E-state index in [2.05, 4.69) is 10.6 Å². The van der Waals surface area contributed by atoms with Gasteiger partial charge in [0.05, 0.1) is 6.17 Å². The second-order valence-corrected chi connectivity index (χ2v) is 3.30. The minimum atomic E-state index is 0.604. The number of rotatable bonds is 1. The summed E-state index contributed by atoms with van der Waals surface area (Å²) in [6, 6.07) is 0. The van der Waals surface area contributed by atoms with Gasteiger partial charge in [0.2, 0.25) is 0 Å². The summed E-state index contributed by atoms with van der Waals surface area (Å²) >= 11 is 0. The largest absolute Gasteiger partial charge is 0.305 e. The highest BCUT2D eigenvalue weighted by Gasteiger charge is 2.47. The van der Waals surface area contributed by atoms with Gasteiger partial charge in [-0.1, -0.05) is 0 Å². The third-order valence-corrected chi connectivity index (χ3v) is 2.59. The monoisotopic (exact) mass is 126 g/mol. The highest BCUT2D eigenvalue weighted by atomic mass is 15.2. The van der Waals surface area contributed by atoms with E-state index in [0.29, 0.717) is 11.7 Å². The lowest BCUT2D eigenvalue weighted by atomic mass is 10.2. The third-order valence-electron chi connectivity index (χ3n) is 2.59. The van der Waals surface area contributed by atoms with Crippen molar-refractivity contribution in [3.8, 4) is 0 Å². The van der Waals surface area contributed by atoms with Gasteiger partial charge in [0.25, 0.3) is 0 Å². The van der Waals surface area contributed by atoms with Crippen LogP contribution in [-0.4, -0.2) is 18.8 Å². The van der Waals surface area contributed by atoms with Crippen molar-refractivity contribution in [3.05, 3.63) is 0 Å². The first-order valence-corrected chi connectivity index (χ1v) is 3.80. The Morgan fingerprint density at radius 3 is 2.56 bits per heavy atom. The Morgan fingerprint density at radius 1 is 1.44 bits per heavy atom. The van der Waals surface area contributed by atoms with Crippen LogP contribution in [0.4, 0.5) is 0 Å². The van der Waals surface area contributed by atoms with Crippen molar-refractivity contribution in [1.29, 1.82) is 0 Å². The molecule has 1 heterocycles. The molecule has 2 rings (SSSR count). The van der Waals surface area contributed by atoms with Gasteiger partial charge < -0.3 is 5.32 Å². The van der Waals surface area contributed by atoms with E-state index in [-0.39, 0.29) is 0 Å². The summed E-state index contributed by atoms with van der Waals surface area (Å²) in [5, 5.41) is 6.83. The van der Waals surface area contributed by atoms with Gasteiger partial charge in [0.15, 0.2) is 0 Å². The molecule has 1 aliphatic heterocycles. The molecule has 1 saturated heterocycles. The maximum Gasteiger partial charge on any atom is 0.0574 e. The lowest BCUT2D eigenvalue weighted by Crippen LogP contribution is -2.39. The lowest BCUT2D eigenvalue weighted by Gasteiger charge is -2.10. The highest BCUT2D eigenvalue weighted by molar-refractivity contribution is 5.07. The summed E-state index contributed by atoms with van der Waals surface area (Å²) in [5.74, 6) is 0. The van der Waals surface area contributed by atoms with Crippen LogP contribution in [0.2, 0.25) is 0 Å². The zero-order valence-corrected chi connectivity index (χ0v) is 5.91. The summed E-state index contributed by atoms with van der Waals surface area (Å²) in [5.41, 5.74) is 0.605. The molecule has 1 aliphatic carbocycles. The third kappa shape index (κ3) is 0.864. The van der Waals surface area contributed by atoms with Gasteiger partial charge in [-0.3, -0.25) is 5.32 Å². The van der Waals surface area contributed by atoms with E-state index in [0.717, 1.165) is 0 Å². The molecule has 1 spiro atoms. The van der Waals surface area contributed by atoms with E-state index in [4.69, 9.17) is 0 Å². The first-order chi connectivity index (χ1) is 4.35. The molecule has 52 valence electrons. The molecule has 2 heteroatoms. The lowest BCUT2D eigenvalue weighted by molar-refractivity contribution is 0.481. The number of hydrogen-bond donors (Lipinski definition) is 2. The normalized spacial score (nSPS) is 37.7. The van der Waals surface area contributed by atoms with Crippen LogP contribution in [0.15, 0.2) is 0 Å². The molecule has 2 fully saturated rings. The predicted molar refractivity (Wildman–Crippen MR) is 37.2 cm³/mol. The fraction of sp³-hybridized carbons (Fsp3) is 1.00. The summed E-state index contributed by atoms with van der Waals surface area (Å²) < 4.78 is 0. The standard InChI is InChI=1S/C7H14N2/c1-8-6-2-3-7(9-6)4-5-7/h6,8-9H,2-5H2,1H3. The average molecular weight is 126 g/mol. The zero-order chi connectivity index (χ0) is 6.32. The Labute approximate surface area is 56.0 Å². The van der Waals surface area contributed by atoms with E-state index in [1.807, 2.05) is 7.05 Å². The molecule has 0 bridgehead atoms. The fourth-order valence-corrected chi connectivity index (χ4v) is 1.70. The Kier molecular flexibility index (Phi) is 1.08. The summed E-state index contributed by atoms with van der Waals surface area (Å²) in [4.78, 5) is 0. The topological polar surface area (TPSA) is 24.1 Å². The van der Waals surface area contributed by atoms with Gasteiger partial charge in [-0.25, -0.2) is 0 Å². The van der Waals surface area contributed by atoms with Gasteiger partial charge in [0.1, 0.15) is 0 Å². The molecular weight excluding hydrogens is 112 g/mol. The Balaban J connectivity index is 1.93. The Morgan fingerprint density at radius 2 is 2.22 bits per heavy atom. The van der Waals surface area contributed by atoms with Gasteiger partial charge in [0, 0.05) is 5.54 Å². The maximum absolute atomic E-state index is 3.58. The molecule has 0 aromatic rings. The first kappa shape index (κ1) is 5.69. The average Bonchev–Trinajstić information content (AvgIpc) is 2.44. The SMILES string of the molecule is CNC1CCC2(CC2)N1. The van der Waals surface area contributed by atoms with Crippen molar-refractivity contribution in [2.24, 2.45) is 0 Å². The summed E-state index contributed by atoms with van der Waals surface area (Å²) in [6.45, 7) is 0. The maximum atomic E-state index is 3.58. The molecular formula is C7H14N2. The van der Waals surface area contributed by atoms with Crippen molar-refractivity contribution >= 4 is 0 Å². The van der Waals surface area contributed by atoms with Gasteiger partial charge >= 0.3 is 0 Å². The van der Waals surface area contributed by atoms with Crippen molar-refractivity contribution in [2.75, 3.05) is 7.05 Å². The van der Waals surface area contributed by atoms with Crippen LogP contribution in [0.3, 0.4) is 0 Å². The van der Waals surface area contributed by atoms with Gasteiger partial charge in [-0.05, 0) is 32.7 Å². The molecule has 2 nitrogen and oxygen atoms in total. The van der Waals surface area contributed by atoms with E-state index in [9.17, 15) is 0 Å². The smallest absolute Gasteiger partial charge is 0.0574 e. The highest BCUT2D eigenvalue weighted by Crippen LogP contribution is 2.43. The van der Waals surface area contributed by atoms with Crippen molar-refractivity contribution < 1.29 is 0 Å². The van der Waals surface area contributed by atoms with Crippen LogP contribution in [-0.2, 0) is 0 Å². The predicted octanol–water partition coefficient (Wildman–Crippen LogP) is 0.448. The summed E-state index contributed by atoms with van der Waals surface area (Å²) in [6.07, 6.45) is 6.12. The van der Waals surface area contributed by atoms with Gasteiger partial charge in [-0.2, -0.15) is 0 Å². The van der Waals surface area contributed by atoms with E-state index in [1.54, 1.807) is 0 Å². The van der Waals surface area contributed by atoms with Crippen LogP contribution in [0.5, 0.6) is 0 Å². The quantitative estimate of drug-likeness (QED) is 0.533. The van der Waals surface area contributed by atoms with Crippen LogP contribution < -0.4 is 10.6 Å². The molecule has 0 aromatic carbocycles. The molecule has 1 unspecified atom stereocenters. The van der Waals surface area contributed by atoms with E-state index < -0.39 is 0 Å². The van der Waals surface area contributed by atoms with Crippen molar-refractivity contribution in [2.45, 2.75) is 37.4 Å². The fourth-order valence-electron chi connectivity index (χ4n) is 1.70. The number of nitrogens with one attached hydrogen (secondary N) is 2. The minimum Gasteiger partial charge on any atom is -0.305 e. The molecule has 0 aromatic heterocycles. The first-order valence-electron chi connectivity index (χ1n) is 3.80. The molecule has 1 saturated carbocycles. The molecule has 0 amide bonds. The van der Waals surface area contributed by atoms with Crippen molar-refractivity contribution in [1.82, 2.24) is 10.6 Å². The molecule has 2 aliphatic rings.